The van der Waals surface area contributed by atoms with Crippen molar-refractivity contribution in [3.63, 3.8) is 0 Å². The number of benzene rings is 5. The van der Waals surface area contributed by atoms with Crippen molar-refractivity contribution in [2.75, 3.05) is 4.90 Å². The van der Waals surface area contributed by atoms with E-state index in [1.165, 1.54) is 79.4 Å². The van der Waals surface area contributed by atoms with Gasteiger partial charge >= 0.3 is 0 Å². The summed E-state index contributed by atoms with van der Waals surface area (Å²) in [6.45, 7) is 4.54. The molecule has 0 bridgehead atoms. The highest BCUT2D eigenvalue weighted by atomic mass is 32.1. The molecule has 1 aliphatic carbocycles. The molecule has 10 rings (SSSR count). The molecule has 46 heavy (non-hydrogen) atoms. The molecule has 0 atom stereocenters. The molecule has 0 amide bonds. The molecule has 0 N–H and O–H groups in total. The molecular weight excluding hydrogens is 597 g/mol. The second kappa shape index (κ2) is 9.92. The van der Waals surface area contributed by atoms with Gasteiger partial charge in [-0.05, 0) is 84.7 Å². The molecule has 0 radical (unpaired) electrons. The molecule has 1 aliphatic heterocycles. The van der Waals surface area contributed by atoms with E-state index < -0.39 is 0 Å². The molecule has 0 saturated heterocycles. The Kier molecular flexibility index (Phi) is 5.63. The SMILES string of the molecule is C=C1/C=C\C=C/N(c2ccc3c(c2)c2ccccc2n3-c2ccc3sc4ccccc4c3c2)c2ccc3c4c(sc3c21)CCC=C4. The van der Waals surface area contributed by atoms with E-state index in [1.54, 1.807) is 0 Å². The zero-order valence-corrected chi connectivity index (χ0v) is 26.7. The monoisotopic (exact) mass is 624 g/mol. The van der Waals surface area contributed by atoms with Crippen LogP contribution in [0.4, 0.5) is 11.4 Å². The van der Waals surface area contributed by atoms with Gasteiger partial charge in [-0.3, -0.25) is 0 Å². The van der Waals surface area contributed by atoms with E-state index in [2.05, 4.69) is 150 Å². The summed E-state index contributed by atoms with van der Waals surface area (Å²) in [5.74, 6) is 0. The van der Waals surface area contributed by atoms with Crippen molar-refractivity contribution in [1.29, 1.82) is 0 Å². The summed E-state index contributed by atoms with van der Waals surface area (Å²) < 4.78 is 6.41. The molecule has 0 saturated carbocycles. The maximum Gasteiger partial charge on any atom is 0.0548 e. The van der Waals surface area contributed by atoms with Gasteiger partial charge < -0.3 is 9.47 Å². The van der Waals surface area contributed by atoms with Crippen LogP contribution in [0.1, 0.15) is 22.4 Å². The highest BCUT2D eigenvalue weighted by Gasteiger charge is 2.23. The summed E-state index contributed by atoms with van der Waals surface area (Å²) in [5, 5.41) is 6.47. The minimum absolute atomic E-state index is 1.05. The Morgan fingerprint density at radius 1 is 0.630 bits per heavy atom. The average Bonchev–Trinajstić information content (AvgIpc) is 3.76. The summed E-state index contributed by atoms with van der Waals surface area (Å²) >= 11 is 3.80. The van der Waals surface area contributed by atoms with Crippen LogP contribution in [0.3, 0.4) is 0 Å². The first-order chi connectivity index (χ1) is 22.7. The summed E-state index contributed by atoms with van der Waals surface area (Å²) in [6.07, 6.45) is 15.4. The summed E-state index contributed by atoms with van der Waals surface area (Å²) in [4.78, 5) is 3.82. The number of rotatable bonds is 2. The Hall–Kier alpha value is -5.16. The van der Waals surface area contributed by atoms with Crippen molar-refractivity contribution in [2.45, 2.75) is 12.8 Å². The van der Waals surface area contributed by atoms with Gasteiger partial charge in [-0.15, -0.1) is 22.7 Å². The van der Waals surface area contributed by atoms with Crippen LogP contribution in [0.5, 0.6) is 0 Å². The Bertz CT molecular complexity index is 2670. The van der Waals surface area contributed by atoms with Crippen molar-refractivity contribution < 1.29 is 0 Å². The molecule has 0 unspecified atom stereocenters. The quantitative estimate of drug-likeness (QED) is 0.186. The van der Waals surface area contributed by atoms with Gasteiger partial charge in [0.25, 0.3) is 0 Å². The molecule has 0 spiro atoms. The van der Waals surface area contributed by atoms with Crippen LogP contribution in [0.2, 0.25) is 0 Å². The summed E-state index contributed by atoms with van der Waals surface area (Å²) in [7, 11) is 0. The molecule has 2 nitrogen and oxygen atoms in total. The maximum atomic E-state index is 4.54. The van der Waals surface area contributed by atoms with Gasteiger partial charge in [-0.1, -0.05) is 73.3 Å². The van der Waals surface area contributed by atoms with E-state index in [0.717, 1.165) is 24.1 Å². The number of hydrogen-bond acceptors (Lipinski definition) is 3. The molecule has 3 aromatic heterocycles. The second-order valence-electron chi connectivity index (χ2n) is 12.1. The van der Waals surface area contributed by atoms with Crippen LogP contribution in [0, 0.1) is 0 Å². The van der Waals surface area contributed by atoms with E-state index in [1.807, 2.05) is 22.7 Å². The Balaban J connectivity index is 1.18. The van der Waals surface area contributed by atoms with Crippen LogP contribution in [-0.4, -0.2) is 4.57 Å². The third-order valence-electron chi connectivity index (χ3n) is 9.55. The average molecular weight is 625 g/mol. The van der Waals surface area contributed by atoms with Crippen LogP contribution < -0.4 is 4.90 Å². The normalized spacial score (nSPS) is 15.9. The number of anilines is 2. The van der Waals surface area contributed by atoms with Crippen LogP contribution in [0.15, 0.2) is 134 Å². The predicted molar refractivity (Wildman–Crippen MR) is 202 cm³/mol. The molecule has 4 heterocycles. The summed E-state index contributed by atoms with van der Waals surface area (Å²) in [6, 6.07) is 36.0. The first kappa shape index (κ1) is 26.1. The largest absolute Gasteiger partial charge is 0.316 e. The van der Waals surface area contributed by atoms with Gasteiger partial charge in [0.05, 0.1) is 16.7 Å². The Morgan fingerprint density at radius 2 is 1.43 bits per heavy atom. The van der Waals surface area contributed by atoms with Crippen molar-refractivity contribution in [1.82, 2.24) is 4.57 Å². The topological polar surface area (TPSA) is 8.17 Å². The molecule has 5 aromatic carbocycles. The number of para-hydroxylation sites is 1. The minimum atomic E-state index is 1.05. The van der Waals surface area contributed by atoms with E-state index in [-0.39, 0.29) is 0 Å². The van der Waals surface area contributed by atoms with Gasteiger partial charge in [0, 0.05) is 69.0 Å². The van der Waals surface area contributed by atoms with Crippen molar-refractivity contribution >= 4 is 97.8 Å². The van der Waals surface area contributed by atoms with Crippen molar-refractivity contribution in [2.24, 2.45) is 0 Å². The molecule has 218 valence electrons. The number of fused-ring (bicyclic) bond motifs is 11. The van der Waals surface area contributed by atoms with Crippen LogP contribution in [-0.2, 0) is 6.42 Å². The third-order valence-corrected chi connectivity index (χ3v) is 12.0. The fourth-order valence-electron chi connectivity index (χ4n) is 7.45. The number of thiophene rings is 2. The van der Waals surface area contributed by atoms with Gasteiger partial charge in [0.15, 0.2) is 0 Å². The van der Waals surface area contributed by atoms with Crippen molar-refractivity contribution in [3.05, 3.63) is 150 Å². The lowest BCUT2D eigenvalue weighted by Crippen LogP contribution is -2.11. The maximum absolute atomic E-state index is 4.54. The smallest absolute Gasteiger partial charge is 0.0548 e. The molecule has 0 fully saturated rings. The highest BCUT2D eigenvalue weighted by molar-refractivity contribution is 7.25. The lowest BCUT2D eigenvalue weighted by molar-refractivity contribution is 1.02. The van der Waals surface area contributed by atoms with E-state index in [0.29, 0.717) is 0 Å². The van der Waals surface area contributed by atoms with Crippen LogP contribution >= 0.6 is 22.7 Å². The Morgan fingerprint density at radius 3 is 2.39 bits per heavy atom. The first-order valence-electron chi connectivity index (χ1n) is 15.8. The Labute approximate surface area is 274 Å². The fourth-order valence-corrected chi connectivity index (χ4v) is 9.92. The van der Waals surface area contributed by atoms with Crippen molar-refractivity contribution in [3.8, 4) is 5.69 Å². The first-order valence-corrected chi connectivity index (χ1v) is 17.4. The fraction of sp³-hybridized carbons (Fsp3) is 0.0476. The van der Waals surface area contributed by atoms with E-state index >= 15 is 0 Å². The summed E-state index contributed by atoms with van der Waals surface area (Å²) in [5.41, 5.74) is 9.57. The lowest BCUT2D eigenvalue weighted by Gasteiger charge is -2.26. The number of aromatic nitrogens is 1. The van der Waals surface area contributed by atoms with E-state index in [9.17, 15) is 0 Å². The zero-order chi connectivity index (χ0) is 30.4. The molecule has 8 aromatic rings. The van der Waals surface area contributed by atoms with Gasteiger partial charge in [-0.25, -0.2) is 0 Å². The molecule has 2 aliphatic rings. The number of allylic oxidation sites excluding steroid dienone is 5. The van der Waals surface area contributed by atoms with Crippen LogP contribution in [0.25, 0.3) is 69.4 Å². The standard InChI is InChI=1S/C42H28N2S2/c1-26-10-8-9-23-43(37-21-19-32-30-12-3-7-16-39(30)46-42(32)41(26)37)27-17-20-36-33(24-27)29-11-2-5-14-35(29)44(36)28-18-22-40-34(25-28)31-13-4-6-15-38(31)45-40/h2-6,8-15,17-25H,1,7,16H2/b10-8-,23-9-. The highest BCUT2D eigenvalue weighted by Crippen LogP contribution is 2.46. The second-order valence-corrected chi connectivity index (χ2v) is 14.3. The van der Waals surface area contributed by atoms with Gasteiger partial charge in [0.1, 0.15) is 0 Å². The van der Waals surface area contributed by atoms with E-state index in [4.69, 9.17) is 0 Å². The predicted octanol–water partition coefficient (Wildman–Crippen LogP) is 12.6. The minimum Gasteiger partial charge on any atom is -0.316 e. The third kappa shape index (κ3) is 3.75. The number of hydrogen-bond donors (Lipinski definition) is 0. The molecular formula is C42H28N2S2. The van der Waals surface area contributed by atoms with Gasteiger partial charge in [0.2, 0.25) is 0 Å². The zero-order valence-electron chi connectivity index (χ0n) is 25.0. The van der Waals surface area contributed by atoms with Gasteiger partial charge in [-0.2, -0.15) is 0 Å². The number of nitrogens with zero attached hydrogens (tertiary/aromatic N) is 2. The molecule has 4 heteroatoms. The number of aryl methyl sites for hydroxylation is 1. The lowest BCUT2D eigenvalue weighted by atomic mass is 9.96.